The van der Waals surface area contributed by atoms with Gasteiger partial charge in [-0.25, -0.2) is 4.99 Å². The van der Waals surface area contributed by atoms with Crippen LogP contribution in [-0.4, -0.2) is 37.9 Å². The SMILES string of the molecule is CCNC(=NCc1ccc(OC)c(O)c1)NCc1cccc(OCC)c1OC(F)F. The molecule has 0 saturated heterocycles. The molecule has 30 heavy (non-hydrogen) atoms. The van der Waals surface area contributed by atoms with Crippen LogP contribution in [0, 0.1) is 0 Å². The van der Waals surface area contributed by atoms with E-state index in [2.05, 4.69) is 20.4 Å². The Morgan fingerprint density at radius 1 is 1.13 bits per heavy atom. The normalized spacial score (nSPS) is 11.3. The van der Waals surface area contributed by atoms with Gasteiger partial charge in [-0.2, -0.15) is 8.78 Å². The van der Waals surface area contributed by atoms with Crippen LogP contribution < -0.4 is 24.8 Å². The van der Waals surface area contributed by atoms with Crippen molar-refractivity contribution < 1.29 is 28.1 Å². The number of methoxy groups -OCH3 is 1. The Morgan fingerprint density at radius 3 is 2.57 bits per heavy atom. The summed E-state index contributed by atoms with van der Waals surface area (Å²) in [5.41, 5.74) is 1.29. The number of benzene rings is 2. The van der Waals surface area contributed by atoms with Gasteiger partial charge >= 0.3 is 6.61 Å². The predicted octanol–water partition coefficient (Wildman–Crippen LogP) is 3.66. The zero-order chi connectivity index (χ0) is 21.9. The molecule has 2 aromatic carbocycles. The van der Waals surface area contributed by atoms with Crippen molar-refractivity contribution in [3.63, 3.8) is 0 Å². The molecule has 2 aromatic rings. The third-order valence-corrected chi connectivity index (χ3v) is 4.02. The Balaban J connectivity index is 2.14. The van der Waals surface area contributed by atoms with Crippen molar-refractivity contribution >= 4 is 5.96 Å². The van der Waals surface area contributed by atoms with Crippen LogP contribution in [0.25, 0.3) is 0 Å². The Labute approximate surface area is 174 Å². The van der Waals surface area contributed by atoms with E-state index in [4.69, 9.17) is 9.47 Å². The second-order valence-corrected chi connectivity index (χ2v) is 6.11. The largest absolute Gasteiger partial charge is 0.504 e. The Hall–Kier alpha value is -3.23. The van der Waals surface area contributed by atoms with Gasteiger partial charge in [-0.1, -0.05) is 18.2 Å². The van der Waals surface area contributed by atoms with E-state index in [1.165, 1.54) is 7.11 Å². The summed E-state index contributed by atoms with van der Waals surface area (Å²) in [4.78, 5) is 4.47. The molecule has 0 fully saturated rings. The number of rotatable bonds is 10. The molecule has 0 spiro atoms. The zero-order valence-electron chi connectivity index (χ0n) is 17.2. The van der Waals surface area contributed by atoms with Gasteiger partial charge in [-0.3, -0.25) is 0 Å². The Bertz CT molecular complexity index is 847. The molecule has 0 amide bonds. The van der Waals surface area contributed by atoms with Crippen LogP contribution in [0.5, 0.6) is 23.0 Å². The van der Waals surface area contributed by atoms with Gasteiger partial charge in [0.15, 0.2) is 29.0 Å². The molecule has 0 aliphatic rings. The first-order valence-corrected chi connectivity index (χ1v) is 9.56. The Kier molecular flexibility index (Phi) is 8.99. The van der Waals surface area contributed by atoms with E-state index in [1.54, 1.807) is 43.3 Å². The van der Waals surface area contributed by atoms with E-state index in [1.807, 2.05) is 6.92 Å². The van der Waals surface area contributed by atoms with Crippen molar-refractivity contribution in [2.45, 2.75) is 33.5 Å². The van der Waals surface area contributed by atoms with Gasteiger partial charge in [0, 0.05) is 18.7 Å². The van der Waals surface area contributed by atoms with Gasteiger partial charge in [-0.05, 0) is 37.6 Å². The zero-order valence-corrected chi connectivity index (χ0v) is 17.2. The van der Waals surface area contributed by atoms with Crippen molar-refractivity contribution in [3.8, 4) is 23.0 Å². The number of guanidine groups is 1. The molecule has 0 aromatic heterocycles. The average Bonchev–Trinajstić information content (AvgIpc) is 2.72. The van der Waals surface area contributed by atoms with Gasteiger partial charge in [0.1, 0.15) is 0 Å². The van der Waals surface area contributed by atoms with Crippen LogP contribution >= 0.6 is 0 Å². The molecule has 0 heterocycles. The summed E-state index contributed by atoms with van der Waals surface area (Å²) in [7, 11) is 1.48. The van der Waals surface area contributed by atoms with Gasteiger partial charge in [0.05, 0.1) is 20.3 Å². The Morgan fingerprint density at radius 2 is 1.93 bits per heavy atom. The van der Waals surface area contributed by atoms with Crippen LogP contribution in [0.15, 0.2) is 41.4 Å². The number of nitrogens with zero attached hydrogens (tertiary/aromatic N) is 1. The number of ether oxygens (including phenoxy) is 3. The van der Waals surface area contributed by atoms with Crippen LogP contribution in [-0.2, 0) is 13.1 Å². The molecule has 0 bridgehead atoms. The smallest absolute Gasteiger partial charge is 0.387 e. The predicted molar refractivity (Wildman–Crippen MR) is 111 cm³/mol. The fourth-order valence-electron chi connectivity index (χ4n) is 2.72. The average molecular weight is 423 g/mol. The molecular weight excluding hydrogens is 396 g/mol. The number of hydrogen-bond donors (Lipinski definition) is 3. The summed E-state index contributed by atoms with van der Waals surface area (Å²) >= 11 is 0. The number of hydrogen-bond acceptors (Lipinski definition) is 5. The highest BCUT2D eigenvalue weighted by atomic mass is 19.3. The molecular formula is C21H27F2N3O4. The fraction of sp³-hybridized carbons (Fsp3) is 0.381. The number of phenolic OH excluding ortho intramolecular Hbond substituents is 1. The highest BCUT2D eigenvalue weighted by Crippen LogP contribution is 2.32. The molecule has 9 heteroatoms. The molecule has 0 saturated carbocycles. The molecule has 0 aliphatic heterocycles. The lowest BCUT2D eigenvalue weighted by Gasteiger charge is -2.17. The highest BCUT2D eigenvalue weighted by molar-refractivity contribution is 5.79. The fourth-order valence-corrected chi connectivity index (χ4v) is 2.72. The first-order valence-electron chi connectivity index (χ1n) is 9.56. The van der Waals surface area contributed by atoms with Crippen LogP contribution in [0.2, 0.25) is 0 Å². The molecule has 0 unspecified atom stereocenters. The molecule has 2 rings (SSSR count). The van der Waals surface area contributed by atoms with Crippen molar-refractivity contribution in [3.05, 3.63) is 47.5 Å². The monoisotopic (exact) mass is 423 g/mol. The summed E-state index contributed by atoms with van der Waals surface area (Å²) in [6, 6.07) is 10.0. The highest BCUT2D eigenvalue weighted by Gasteiger charge is 2.16. The number of aromatic hydroxyl groups is 1. The quantitative estimate of drug-likeness (QED) is 0.400. The summed E-state index contributed by atoms with van der Waals surface area (Å²) < 4.78 is 40.9. The number of nitrogens with one attached hydrogen (secondary N) is 2. The lowest BCUT2D eigenvalue weighted by Crippen LogP contribution is -2.36. The second-order valence-electron chi connectivity index (χ2n) is 6.11. The lowest BCUT2D eigenvalue weighted by molar-refractivity contribution is -0.0520. The van der Waals surface area contributed by atoms with Crippen molar-refractivity contribution in [2.24, 2.45) is 4.99 Å². The summed E-state index contributed by atoms with van der Waals surface area (Å²) in [6.07, 6.45) is 0. The van der Waals surface area contributed by atoms with E-state index < -0.39 is 6.61 Å². The molecule has 164 valence electrons. The van der Waals surface area contributed by atoms with Crippen LogP contribution in [0.4, 0.5) is 8.78 Å². The summed E-state index contributed by atoms with van der Waals surface area (Å²) in [5, 5.41) is 16.1. The molecule has 0 radical (unpaired) electrons. The van der Waals surface area contributed by atoms with Crippen molar-refractivity contribution in [1.82, 2.24) is 10.6 Å². The van der Waals surface area contributed by atoms with E-state index in [9.17, 15) is 13.9 Å². The summed E-state index contributed by atoms with van der Waals surface area (Å²) in [6.45, 7) is 2.15. The third kappa shape index (κ3) is 6.68. The second kappa shape index (κ2) is 11.7. The first-order chi connectivity index (χ1) is 14.5. The van der Waals surface area contributed by atoms with Crippen molar-refractivity contribution in [2.75, 3.05) is 20.3 Å². The number of aliphatic imine (C=N–C) groups is 1. The van der Waals surface area contributed by atoms with Crippen LogP contribution in [0.3, 0.4) is 0 Å². The minimum atomic E-state index is -2.96. The van der Waals surface area contributed by atoms with E-state index >= 15 is 0 Å². The van der Waals surface area contributed by atoms with E-state index in [0.717, 1.165) is 5.56 Å². The standard InChI is InChI=1S/C21H27F2N3O4/c1-4-24-21(25-12-14-9-10-17(28-3)16(27)11-14)26-13-15-7-6-8-18(29-5-2)19(15)30-20(22)23/h6-11,20,27H,4-5,12-13H2,1-3H3,(H2,24,25,26). The van der Waals surface area contributed by atoms with Crippen LogP contribution in [0.1, 0.15) is 25.0 Å². The lowest BCUT2D eigenvalue weighted by atomic mass is 10.2. The molecule has 7 nitrogen and oxygen atoms in total. The topological polar surface area (TPSA) is 84.3 Å². The first kappa shape index (κ1) is 23.1. The maximum absolute atomic E-state index is 12.9. The third-order valence-electron chi connectivity index (χ3n) is 4.02. The van der Waals surface area contributed by atoms with Gasteiger partial charge in [0.25, 0.3) is 0 Å². The molecule has 0 aliphatic carbocycles. The van der Waals surface area contributed by atoms with E-state index in [0.29, 0.717) is 37.0 Å². The van der Waals surface area contributed by atoms with E-state index in [-0.39, 0.29) is 23.8 Å². The van der Waals surface area contributed by atoms with Gasteiger partial charge in [0.2, 0.25) is 0 Å². The molecule has 3 N–H and O–H groups in total. The van der Waals surface area contributed by atoms with Gasteiger partial charge in [-0.15, -0.1) is 0 Å². The van der Waals surface area contributed by atoms with Gasteiger partial charge < -0.3 is 30.0 Å². The maximum Gasteiger partial charge on any atom is 0.387 e. The summed E-state index contributed by atoms with van der Waals surface area (Å²) in [5.74, 6) is 1.15. The maximum atomic E-state index is 12.9. The minimum absolute atomic E-state index is 0.00206. The van der Waals surface area contributed by atoms with Crippen molar-refractivity contribution in [1.29, 1.82) is 0 Å². The minimum Gasteiger partial charge on any atom is -0.504 e. The number of para-hydroxylation sites is 1. The molecule has 0 atom stereocenters. The number of alkyl halides is 2. The number of phenols is 1. The number of halogens is 2.